The molecule has 2 N–H and O–H groups in total. The van der Waals surface area contributed by atoms with Gasteiger partial charge in [-0.2, -0.15) is 0 Å². The second kappa shape index (κ2) is 9.74. The zero-order valence-electron chi connectivity index (χ0n) is 21.4. The van der Waals surface area contributed by atoms with Gasteiger partial charge in [-0.3, -0.25) is 9.80 Å². The number of rotatable bonds is 6. The number of fused-ring (bicyclic) bond motifs is 2. The maximum atomic E-state index is 9.43. The van der Waals surface area contributed by atoms with Crippen molar-refractivity contribution in [3.05, 3.63) is 58.7 Å². The lowest BCUT2D eigenvalue weighted by Gasteiger charge is -2.49. The summed E-state index contributed by atoms with van der Waals surface area (Å²) in [6.07, 6.45) is 3.42. The fourth-order valence-corrected chi connectivity index (χ4v) is 6.93. The second-order valence-electron chi connectivity index (χ2n) is 11.7. The highest BCUT2D eigenvalue weighted by Gasteiger charge is 2.45. The largest absolute Gasteiger partial charge is 0.478 e. The van der Waals surface area contributed by atoms with Gasteiger partial charge in [0.25, 0.3) is 0 Å². The number of aliphatic hydroxyl groups excluding tert-OH is 2. The van der Waals surface area contributed by atoms with Crippen LogP contribution in [0.1, 0.15) is 62.3 Å². The minimum Gasteiger partial charge on any atom is -0.478 e. The number of benzene rings is 2. The average molecular weight is 481 g/mol. The molecule has 0 spiro atoms. The molecule has 2 aromatic rings. The van der Waals surface area contributed by atoms with Gasteiger partial charge in [0.2, 0.25) is 0 Å². The summed E-state index contributed by atoms with van der Waals surface area (Å²) in [6, 6.07) is 13.6. The fraction of sp³-hybridized carbons (Fsp3) is 0.586. The first-order valence-corrected chi connectivity index (χ1v) is 13.0. The third-order valence-electron chi connectivity index (χ3n) is 8.03. The highest BCUT2D eigenvalue weighted by Crippen LogP contribution is 2.54. The van der Waals surface area contributed by atoms with Gasteiger partial charge < -0.3 is 19.7 Å². The van der Waals surface area contributed by atoms with Gasteiger partial charge in [-0.05, 0) is 66.0 Å². The Labute approximate surface area is 209 Å². The Bertz CT molecular complexity index is 985. The summed E-state index contributed by atoms with van der Waals surface area (Å²) in [5, 5.41) is 18.9. The van der Waals surface area contributed by atoms with Crippen molar-refractivity contribution in [2.45, 2.75) is 58.5 Å². The van der Waals surface area contributed by atoms with E-state index in [1.807, 2.05) is 0 Å². The Morgan fingerprint density at radius 3 is 1.80 bits per heavy atom. The first-order chi connectivity index (χ1) is 16.8. The van der Waals surface area contributed by atoms with Crippen molar-refractivity contribution in [2.24, 2.45) is 11.3 Å². The van der Waals surface area contributed by atoms with Gasteiger partial charge >= 0.3 is 0 Å². The topological polar surface area (TPSA) is 65.4 Å². The normalized spacial score (nSPS) is 23.6. The molecular formula is C29H40N2O4. The molecular weight excluding hydrogens is 440 g/mol. The number of ether oxygens (including phenoxy) is 2. The molecule has 190 valence electrons. The maximum Gasteiger partial charge on any atom is 0.142 e. The molecule has 2 heterocycles. The van der Waals surface area contributed by atoms with Crippen molar-refractivity contribution in [3.63, 3.8) is 0 Å². The minimum atomic E-state index is -0.0935. The Morgan fingerprint density at radius 2 is 1.34 bits per heavy atom. The summed E-state index contributed by atoms with van der Waals surface area (Å²) >= 11 is 0. The van der Waals surface area contributed by atoms with Gasteiger partial charge in [-0.15, -0.1) is 0 Å². The summed E-state index contributed by atoms with van der Waals surface area (Å²) in [7, 11) is 0. The van der Waals surface area contributed by atoms with Crippen LogP contribution < -0.4 is 9.47 Å². The number of β-amino-alcohol motifs (C(OH)–C–C–N with tert-alkyl or cyclic N) is 2. The number of hydrogen-bond donors (Lipinski definition) is 2. The Balaban J connectivity index is 1.58. The summed E-state index contributed by atoms with van der Waals surface area (Å²) < 4.78 is 12.0. The molecule has 2 aliphatic heterocycles. The molecule has 2 aromatic carbocycles. The zero-order valence-corrected chi connectivity index (χ0v) is 21.4. The molecule has 35 heavy (non-hydrogen) atoms. The third kappa shape index (κ3) is 4.94. The van der Waals surface area contributed by atoms with Crippen LogP contribution >= 0.6 is 0 Å². The van der Waals surface area contributed by atoms with Crippen LogP contribution in [-0.4, -0.2) is 59.8 Å². The molecule has 0 radical (unpaired) electrons. The maximum absolute atomic E-state index is 9.43. The van der Waals surface area contributed by atoms with E-state index in [2.05, 4.69) is 67.0 Å². The van der Waals surface area contributed by atoms with E-state index < -0.39 is 0 Å². The number of aliphatic hydroxyl groups is 2. The van der Waals surface area contributed by atoms with Gasteiger partial charge in [0.1, 0.15) is 25.0 Å². The van der Waals surface area contributed by atoms with Crippen LogP contribution in [-0.2, 0) is 18.5 Å². The molecule has 0 aromatic heterocycles. The van der Waals surface area contributed by atoms with E-state index in [-0.39, 0.29) is 24.0 Å². The average Bonchev–Trinajstić information content (AvgIpc) is 2.82. The zero-order chi connectivity index (χ0) is 24.6. The van der Waals surface area contributed by atoms with Crippen molar-refractivity contribution >= 4 is 0 Å². The van der Waals surface area contributed by atoms with Gasteiger partial charge in [0.15, 0.2) is 0 Å². The Hall–Kier alpha value is -2.12. The predicted octanol–water partition coefficient (Wildman–Crippen LogP) is 4.11. The third-order valence-corrected chi connectivity index (χ3v) is 8.03. The molecule has 5 rings (SSSR count). The molecule has 1 unspecified atom stereocenters. The summed E-state index contributed by atoms with van der Waals surface area (Å²) in [6.45, 7) is 11.4. The summed E-state index contributed by atoms with van der Waals surface area (Å²) in [5.41, 5.74) is 5.25. The highest BCUT2D eigenvalue weighted by molar-refractivity contribution is 5.50. The molecule has 3 aliphatic rings. The van der Waals surface area contributed by atoms with E-state index in [1.165, 1.54) is 28.7 Å². The van der Waals surface area contributed by atoms with Crippen molar-refractivity contribution in [1.82, 2.24) is 9.80 Å². The minimum absolute atomic E-state index is 0.0935. The summed E-state index contributed by atoms with van der Waals surface area (Å²) in [5.74, 6) is 2.52. The lowest BCUT2D eigenvalue weighted by molar-refractivity contribution is 0.0762. The number of nitrogens with zero attached hydrogens (tertiary/aromatic N) is 2. The van der Waals surface area contributed by atoms with E-state index in [4.69, 9.17) is 9.47 Å². The van der Waals surface area contributed by atoms with Crippen molar-refractivity contribution in [3.8, 4) is 11.5 Å². The predicted molar refractivity (Wildman–Crippen MR) is 136 cm³/mol. The molecule has 6 heteroatoms. The van der Waals surface area contributed by atoms with Gasteiger partial charge in [-0.25, -0.2) is 0 Å². The van der Waals surface area contributed by atoms with Crippen molar-refractivity contribution in [2.75, 3.05) is 39.8 Å². The van der Waals surface area contributed by atoms with Gasteiger partial charge in [0, 0.05) is 42.7 Å². The first-order valence-electron chi connectivity index (χ1n) is 13.0. The van der Waals surface area contributed by atoms with Crippen molar-refractivity contribution < 1.29 is 19.7 Å². The van der Waals surface area contributed by atoms with Crippen LogP contribution in [0, 0.1) is 11.3 Å². The van der Waals surface area contributed by atoms with E-state index >= 15 is 0 Å². The monoisotopic (exact) mass is 480 g/mol. The van der Waals surface area contributed by atoms with Crippen LogP contribution in [0.4, 0.5) is 0 Å². The molecule has 1 saturated carbocycles. The van der Waals surface area contributed by atoms with Gasteiger partial charge in [-0.1, -0.05) is 32.9 Å². The van der Waals surface area contributed by atoms with Crippen LogP contribution in [0.2, 0.25) is 0 Å². The first kappa shape index (κ1) is 24.6. The molecule has 0 amide bonds. The van der Waals surface area contributed by atoms with E-state index in [9.17, 15) is 10.2 Å². The second-order valence-corrected chi connectivity index (χ2v) is 11.7. The van der Waals surface area contributed by atoms with Crippen LogP contribution in [0.25, 0.3) is 0 Å². The lowest BCUT2D eigenvalue weighted by atomic mass is 9.55. The van der Waals surface area contributed by atoms with Crippen LogP contribution in [0.15, 0.2) is 36.4 Å². The standard InChI is InChI=1S/C29H40N2O4/c1-21-14-28(2,3)18-29(15-21,24-4-6-26-22(12-24)16-30(8-10-32)19-34-26)25-5-7-27-23(13-25)17-31(9-11-33)20-35-27/h4-7,12-13,21,32-33H,8-11,14-20H2,1-3H3. The summed E-state index contributed by atoms with van der Waals surface area (Å²) in [4.78, 5) is 4.30. The van der Waals surface area contributed by atoms with Crippen LogP contribution in [0.5, 0.6) is 11.5 Å². The quantitative estimate of drug-likeness (QED) is 0.649. The molecule has 0 bridgehead atoms. The Kier molecular flexibility index (Phi) is 6.83. The number of hydrogen-bond acceptors (Lipinski definition) is 6. The molecule has 1 aliphatic carbocycles. The van der Waals surface area contributed by atoms with E-state index in [0.717, 1.165) is 37.4 Å². The van der Waals surface area contributed by atoms with E-state index in [0.29, 0.717) is 32.5 Å². The molecule has 6 nitrogen and oxygen atoms in total. The van der Waals surface area contributed by atoms with E-state index in [1.54, 1.807) is 0 Å². The lowest BCUT2D eigenvalue weighted by Crippen LogP contribution is -2.42. The molecule has 1 atom stereocenters. The van der Waals surface area contributed by atoms with Crippen molar-refractivity contribution in [1.29, 1.82) is 0 Å². The molecule has 1 fully saturated rings. The Morgan fingerprint density at radius 1 is 0.829 bits per heavy atom. The fourth-order valence-electron chi connectivity index (χ4n) is 6.93. The van der Waals surface area contributed by atoms with Crippen LogP contribution in [0.3, 0.4) is 0 Å². The SMILES string of the molecule is CC1CC(C)(C)CC(c2ccc3c(c2)CN(CCO)CO3)(c2ccc3c(c2)CN(CCO)CO3)C1. The smallest absolute Gasteiger partial charge is 0.142 e. The molecule has 0 saturated heterocycles. The van der Waals surface area contributed by atoms with Gasteiger partial charge in [0.05, 0.1) is 13.2 Å². The highest BCUT2D eigenvalue weighted by atomic mass is 16.5.